The molecule has 1 N–H and O–H groups in total. The summed E-state index contributed by atoms with van der Waals surface area (Å²) < 4.78 is 5.12. The number of aromatic amines is 1. The number of aromatic nitrogens is 2. The molecule has 2 aliphatic rings. The molecule has 2 aliphatic heterocycles. The Hall–Kier alpha value is -3.52. The van der Waals surface area contributed by atoms with E-state index >= 15 is 0 Å². The summed E-state index contributed by atoms with van der Waals surface area (Å²) in [5.74, 6) is 0.322. The average molecular weight is 489 g/mol. The molecule has 0 bridgehead atoms. The highest BCUT2D eigenvalue weighted by molar-refractivity contribution is 6.11. The molecule has 8 nitrogen and oxygen atoms in total. The third-order valence-corrected chi connectivity index (χ3v) is 7.61. The fraction of sp³-hybridized carbons (Fsp3) is 0.429. The van der Waals surface area contributed by atoms with Crippen molar-refractivity contribution in [3.8, 4) is 0 Å². The van der Waals surface area contributed by atoms with E-state index in [-0.39, 0.29) is 49.6 Å². The zero-order chi connectivity index (χ0) is 25.3. The number of para-hydroxylation sites is 2. The van der Waals surface area contributed by atoms with Crippen molar-refractivity contribution in [2.24, 2.45) is 0 Å². The van der Waals surface area contributed by atoms with E-state index in [0.717, 1.165) is 40.8 Å². The molecule has 3 aromatic rings. The smallest absolute Gasteiger partial charge is 0.240 e. The van der Waals surface area contributed by atoms with Crippen LogP contribution in [-0.2, 0) is 24.5 Å². The van der Waals surface area contributed by atoms with Crippen molar-refractivity contribution in [3.05, 3.63) is 65.5 Å². The van der Waals surface area contributed by atoms with E-state index in [4.69, 9.17) is 9.72 Å². The minimum Gasteiger partial charge on any atom is -0.383 e. The third-order valence-electron chi connectivity index (χ3n) is 7.61. The number of amides is 3. The summed E-state index contributed by atoms with van der Waals surface area (Å²) in [7, 11) is 1.54. The van der Waals surface area contributed by atoms with Gasteiger partial charge < -0.3 is 14.6 Å². The molecule has 2 saturated heterocycles. The Morgan fingerprint density at radius 3 is 2.72 bits per heavy atom. The molecule has 2 aromatic carbocycles. The summed E-state index contributed by atoms with van der Waals surface area (Å²) in [5.41, 5.74) is 2.36. The molecule has 36 heavy (non-hydrogen) atoms. The number of nitrogens with zero attached hydrogens (tertiary/aromatic N) is 3. The number of ether oxygens (including phenoxy) is 1. The minimum atomic E-state index is -1.19. The summed E-state index contributed by atoms with van der Waals surface area (Å²) >= 11 is 0. The van der Waals surface area contributed by atoms with Gasteiger partial charge in [0, 0.05) is 39.0 Å². The van der Waals surface area contributed by atoms with Gasteiger partial charge in [-0.15, -0.1) is 0 Å². The number of benzene rings is 2. The van der Waals surface area contributed by atoms with Gasteiger partial charge >= 0.3 is 0 Å². The van der Waals surface area contributed by atoms with E-state index in [0.29, 0.717) is 13.1 Å². The van der Waals surface area contributed by atoms with Crippen LogP contribution in [-0.4, -0.2) is 70.8 Å². The lowest BCUT2D eigenvalue weighted by Gasteiger charge is -2.35. The van der Waals surface area contributed by atoms with Gasteiger partial charge in [0.15, 0.2) is 0 Å². The number of imide groups is 1. The Kier molecular flexibility index (Phi) is 6.62. The van der Waals surface area contributed by atoms with E-state index in [1.165, 1.54) is 12.0 Å². The Morgan fingerprint density at radius 2 is 1.94 bits per heavy atom. The van der Waals surface area contributed by atoms with Crippen LogP contribution in [0.4, 0.5) is 0 Å². The molecule has 0 unspecified atom stereocenters. The van der Waals surface area contributed by atoms with Gasteiger partial charge in [0.05, 0.1) is 29.6 Å². The topological polar surface area (TPSA) is 95.6 Å². The standard InChI is InChI=1S/C28H32N4O4/c1-19-8-3-4-10-21(19)28(17-25(34)32(27(28)35)14-15-36-2)16-24(33)31-13-7-9-20(18-31)26-29-22-11-5-6-12-23(22)30-26/h3-6,8,10-12,20H,7,9,13-18H2,1-2H3,(H,29,30)/t20-,28+/m1/s1. The van der Waals surface area contributed by atoms with Gasteiger partial charge in [-0.25, -0.2) is 4.98 Å². The van der Waals surface area contributed by atoms with Crippen LogP contribution in [0, 0.1) is 6.92 Å². The van der Waals surface area contributed by atoms with Crippen LogP contribution in [0.25, 0.3) is 11.0 Å². The number of rotatable bonds is 7. The maximum absolute atomic E-state index is 13.8. The lowest BCUT2D eigenvalue weighted by molar-refractivity contribution is -0.143. The predicted octanol–water partition coefficient (Wildman–Crippen LogP) is 3.31. The molecule has 0 radical (unpaired) electrons. The summed E-state index contributed by atoms with van der Waals surface area (Å²) in [6, 6.07) is 15.5. The van der Waals surface area contributed by atoms with Crippen LogP contribution in [0.1, 0.15) is 48.6 Å². The Labute approximate surface area is 210 Å². The highest BCUT2D eigenvalue weighted by Gasteiger charge is 2.54. The van der Waals surface area contributed by atoms with Gasteiger partial charge in [0.1, 0.15) is 5.82 Å². The monoisotopic (exact) mass is 488 g/mol. The number of fused-ring (bicyclic) bond motifs is 1. The molecular weight excluding hydrogens is 456 g/mol. The number of nitrogens with one attached hydrogen (secondary N) is 1. The molecule has 0 spiro atoms. The van der Waals surface area contributed by atoms with Crippen LogP contribution in [0.5, 0.6) is 0 Å². The lowest BCUT2D eigenvalue weighted by atomic mass is 9.73. The van der Waals surface area contributed by atoms with Crippen molar-refractivity contribution in [2.75, 3.05) is 33.4 Å². The van der Waals surface area contributed by atoms with E-state index in [1.54, 1.807) is 0 Å². The first-order chi connectivity index (χ1) is 17.4. The molecule has 1 aromatic heterocycles. The molecular formula is C28H32N4O4. The van der Waals surface area contributed by atoms with E-state index in [1.807, 2.05) is 60.4 Å². The van der Waals surface area contributed by atoms with E-state index < -0.39 is 5.41 Å². The van der Waals surface area contributed by atoms with Crippen molar-refractivity contribution in [2.45, 2.75) is 43.9 Å². The Balaban J connectivity index is 1.41. The maximum Gasteiger partial charge on any atom is 0.240 e. The van der Waals surface area contributed by atoms with Gasteiger partial charge in [0.2, 0.25) is 17.7 Å². The fourth-order valence-corrected chi connectivity index (χ4v) is 5.73. The molecule has 188 valence electrons. The quantitative estimate of drug-likeness (QED) is 0.515. The van der Waals surface area contributed by atoms with Gasteiger partial charge in [-0.05, 0) is 43.0 Å². The first kappa shape index (κ1) is 24.2. The first-order valence-electron chi connectivity index (χ1n) is 12.6. The number of imidazole rings is 1. The number of likely N-dealkylation sites (tertiary alicyclic amines) is 2. The predicted molar refractivity (Wildman–Crippen MR) is 135 cm³/mol. The molecule has 3 amide bonds. The normalized spacial score (nSPS) is 22.6. The minimum absolute atomic E-state index is 0.00696. The average Bonchev–Trinajstić information content (AvgIpc) is 3.42. The van der Waals surface area contributed by atoms with Gasteiger partial charge in [-0.3, -0.25) is 19.3 Å². The Morgan fingerprint density at radius 1 is 1.17 bits per heavy atom. The number of carbonyl (C=O) groups is 3. The maximum atomic E-state index is 13.8. The molecule has 8 heteroatoms. The zero-order valence-electron chi connectivity index (χ0n) is 20.8. The van der Waals surface area contributed by atoms with Crippen molar-refractivity contribution < 1.29 is 19.1 Å². The second-order valence-electron chi connectivity index (χ2n) is 9.91. The number of aryl methyl sites for hydroxylation is 1. The SMILES string of the molecule is COCCN1C(=O)C[C@@](CC(=O)N2CCC[C@@H](c3nc4ccccc4[nH]3)C2)(c2ccccc2C)C1=O. The molecule has 5 rings (SSSR count). The highest BCUT2D eigenvalue weighted by Crippen LogP contribution is 2.42. The zero-order valence-corrected chi connectivity index (χ0v) is 20.8. The third kappa shape index (κ3) is 4.30. The van der Waals surface area contributed by atoms with Crippen molar-refractivity contribution >= 4 is 28.8 Å². The highest BCUT2D eigenvalue weighted by atomic mass is 16.5. The van der Waals surface area contributed by atoms with Crippen LogP contribution < -0.4 is 0 Å². The van der Waals surface area contributed by atoms with Crippen LogP contribution >= 0.6 is 0 Å². The molecule has 2 atom stereocenters. The number of H-pyrrole nitrogens is 1. The number of carbonyl (C=O) groups excluding carboxylic acids is 3. The van der Waals surface area contributed by atoms with E-state index in [2.05, 4.69) is 4.98 Å². The van der Waals surface area contributed by atoms with Gasteiger partial charge in [0.25, 0.3) is 0 Å². The van der Waals surface area contributed by atoms with Crippen LogP contribution in [0.15, 0.2) is 48.5 Å². The van der Waals surface area contributed by atoms with Crippen LogP contribution in [0.3, 0.4) is 0 Å². The second kappa shape index (κ2) is 9.85. The molecule has 3 heterocycles. The van der Waals surface area contributed by atoms with Crippen LogP contribution in [0.2, 0.25) is 0 Å². The first-order valence-corrected chi connectivity index (χ1v) is 12.6. The summed E-state index contributed by atoms with van der Waals surface area (Å²) in [4.78, 5) is 51.8. The number of methoxy groups -OCH3 is 1. The molecule has 2 fully saturated rings. The second-order valence-corrected chi connectivity index (χ2v) is 9.91. The fourth-order valence-electron chi connectivity index (χ4n) is 5.73. The molecule has 0 aliphatic carbocycles. The number of hydrogen-bond donors (Lipinski definition) is 1. The summed E-state index contributed by atoms with van der Waals surface area (Å²) in [5, 5.41) is 0. The number of hydrogen-bond acceptors (Lipinski definition) is 5. The van der Waals surface area contributed by atoms with Gasteiger partial charge in [-0.2, -0.15) is 0 Å². The summed E-state index contributed by atoms with van der Waals surface area (Å²) in [6.45, 7) is 3.55. The van der Waals surface area contributed by atoms with Crippen molar-refractivity contribution in [1.29, 1.82) is 0 Å². The largest absolute Gasteiger partial charge is 0.383 e. The van der Waals surface area contributed by atoms with E-state index in [9.17, 15) is 14.4 Å². The summed E-state index contributed by atoms with van der Waals surface area (Å²) in [6.07, 6.45) is 1.76. The van der Waals surface area contributed by atoms with Crippen molar-refractivity contribution in [1.82, 2.24) is 19.8 Å². The van der Waals surface area contributed by atoms with Gasteiger partial charge in [-0.1, -0.05) is 36.4 Å². The number of piperidine rings is 1. The lowest BCUT2D eigenvalue weighted by Crippen LogP contribution is -2.46. The van der Waals surface area contributed by atoms with Crippen molar-refractivity contribution in [3.63, 3.8) is 0 Å². The Bertz CT molecular complexity index is 1270. The molecule has 0 saturated carbocycles.